The quantitative estimate of drug-likeness (QED) is 0.479. The van der Waals surface area contributed by atoms with E-state index >= 15 is 0 Å². The van der Waals surface area contributed by atoms with Gasteiger partial charge >= 0.3 is 0 Å². The van der Waals surface area contributed by atoms with Crippen LogP contribution in [-0.2, 0) is 37.5 Å². The second-order valence-electron chi connectivity index (χ2n) is 2.80. The van der Waals surface area contributed by atoms with Crippen molar-refractivity contribution in [3.05, 3.63) is 17.6 Å². The standard InChI is InChI=1S/C8H6N3O2.Y/c1-4-5-6(12)8(13)11(2)7(5)10-3-9-4;/h1-2H3;/q-1;. The van der Waals surface area contributed by atoms with Crippen molar-refractivity contribution in [1.82, 2.24) is 9.97 Å². The van der Waals surface area contributed by atoms with Gasteiger partial charge in [-0.25, -0.2) is 0 Å². The van der Waals surface area contributed by atoms with Crippen molar-refractivity contribution in [2.24, 2.45) is 0 Å². The first kappa shape index (κ1) is 11.4. The van der Waals surface area contributed by atoms with Crippen LogP contribution in [0.3, 0.4) is 0 Å². The first-order valence-corrected chi connectivity index (χ1v) is 3.70. The van der Waals surface area contributed by atoms with Gasteiger partial charge in [0.1, 0.15) is 0 Å². The number of anilines is 1. The number of amides is 1. The second-order valence-corrected chi connectivity index (χ2v) is 2.80. The Kier molecular flexibility index (Phi) is 3.12. The summed E-state index contributed by atoms with van der Waals surface area (Å²) in [5.41, 5.74) is 0.791. The zero-order chi connectivity index (χ0) is 9.59. The van der Waals surface area contributed by atoms with E-state index in [9.17, 15) is 9.59 Å². The minimum Gasteiger partial charge on any atom is -0.370 e. The summed E-state index contributed by atoms with van der Waals surface area (Å²) < 4.78 is 0. The molecule has 1 radical (unpaired) electrons. The summed E-state index contributed by atoms with van der Waals surface area (Å²) >= 11 is 0. The molecule has 1 aliphatic heterocycles. The number of fused-ring (bicyclic) bond motifs is 1. The van der Waals surface area contributed by atoms with E-state index in [0.29, 0.717) is 17.1 Å². The molecule has 0 N–H and O–H groups in total. The molecule has 0 unspecified atom stereocenters. The summed E-state index contributed by atoms with van der Waals surface area (Å²) in [5.74, 6) is -0.751. The van der Waals surface area contributed by atoms with Gasteiger partial charge in [-0.05, 0) is 5.56 Å². The summed E-state index contributed by atoms with van der Waals surface area (Å²) in [6.45, 7) is 1.65. The number of ketones is 1. The maximum absolute atomic E-state index is 11.3. The van der Waals surface area contributed by atoms with Crippen LogP contribution < -0.4 is 4.90 Å². The van der Waals surface area contributed by atoms with Crippen LogP contribution in [0.1, 0.15) is 16.1 Å². The fourth-order valence-electron chi connectivity index (χ4n) is 1.28. The largest absolute Gasteiger partial charge is 0.370 e. The molecule has 0 atom stereocenters. The van der Waals surface area contributed by atoms with Crippen LogP contribution >= 0.6 is 0 Å². The summed E-state index contributed by atoms with van der Waals surface area (Å²) in [5, 5.41) is 0. The molecule has 2 heterocycles. The molecule has 1 amide bonds. The summed E-state index contributed by atoms with van der Waals surface area (Å²) in [6.07, 6.45) is 2.39. The average Bonchev–Trinajstić information content (AvgIpc) is 2.33. The fourth-order valence-corrected chi connectivity index (χ4v) is 1.28. The molecule has 2 rings (SSSR count). The third-order valence-electron chi connectivity index (χ3n) is 2.00. The van der Waals surface area contributed by atoms with Crippen LogP contribution in [0.15, 0.2) is 0 Å². The summed E-state index contributed by atoms with van der Waals surface area (Å²) in [6, 6.07) is 0. The minimum absolute atomic E-state index is 0. The van der Waals surface area contributed by atoms with Crippen molar-refractivity contribution in [2.75, 3.05) is 11.9 Å². The Morgan fingerprint density at radius 3 is 2.50 bits per heavy atom. The van der Waals surface area contributed by atoms with Gasteiger partial charge < -0.3 is 14.9 Å². The molecule has 0 bridgehead atoms. The Balaban J connectivity index is 0.000000980. The first-order chi connectivity index (χ1) is 6.13. The number of Topliss-reactive ketones (excluding diaryl/α,β-unsaturated/α-hetero) is 1. The molecule has 0 saturated heterocycles. The molecule has 0 aromatic carbocycles. The number of carbonyl (C=O) groups excluding carboxylic acids is 2. The van der Waals surface area contributed by atoms with Crippen molar-refractivity contribution in [3.63, 3.8) is 0 Å². The molecule has 0 saturated carbocycles. The molecule has 6 heteroatoms. The van der Waals surface area contributed by atoms with Gasteiger partial charge in [-0.2, -0.15) is 0 Å². The number of likely N-dealkylation sites (N-methyl/N-ethyl adjacent to an activating group) is 1. The monoisotopic (exact) mass is 265 g/mol. The molecule has 0 aliphatic carbocycles. The molecule has 69 valence electrons. The van der Waals surface area contributed by atoms with Crippen molar-refractivity contribution in [1.29, 1.82) is 0 Å². The molecular formula is C8H6N3O2Y-. The van der Waals surface area contributed by atoms with Crippen molar-refractivity contribution >= 4 is 17.5 Å². The summed E-state index contributed by atoms with van der Waals surface area (Å²) in [4.78, 5) is 31.2. The van der Waals surface area contributed by atoms with Crippen molar-refractivity contribution < 1.29 is 42.3 Å². The number of aryl methyl sites for hydroxylation is 1. The van der Waals surface area contributed by atoms with Gasteiger partial charge in [0, 0.05) is 51.9 Å². The van der Waals surface area contributed by atoms with Crippen LogP contribution in [-0.4, -0.2) is 28.7 Å². The van der Waals surface area contributed by atoms with Gasteiger partial charge in [0.25, 0.3) is 5.91 Å². The van der Waals surface area contributed by atoms with E-state index in [4.69, 9.17) is 0 Å². The maximum Gasteiger partial charge on any atom is 0.287 e. The second kappa shape index (κ2) is 3.83. The van der Waals surface area contributed by atoms with Crippen LogP contribution in [0.25, 0.3) is 0 Å². The summed E-state index contributed by atoms with van der Waals surface area (Å²) in [7, 11) is 1.51. The number of nitrogens with zero attached hydrogens (tertiary/aromatic N) is 3. The number of hydrogen-bond acceptors (Lipinski definition) is 4. The third-order valence-corrected chi connectivity index (χ3v) is 2.00. The topological polar surface area (TPSA) is 63.2 Å². The van der Waals surface area contributed by atoms with Gasteiger partial charge in [-0.1, -0.05) is 12.6 Å². The Morgan fingerprint density at radius 2 is 1.93 bits per heavy atom. The molecule has 0 spiro atoms. The predicted octanol–water partition coefficient (Wildman–Crippen LogP) is -0.258. The van der Waals surface area contributed by atoms with Gasteiger partial charge in [0.2, 0.25) is 5.78 Å². The Labute approximate surface area is 106 Å². The zero-order valence-electron chi connectivity index (χ0n) is 7.74. The first-order valence-electron chi connectivity index (χ1n) is 3.70. The van der Waals surface area contributed by atoms with Gasteiger partial charge in [-0.15, -0.1) is 0 Å². The van der Waals surface area contributed by atoms with Crippen molar-refractivity contribution in [3.8, 4) is 0 Å². The van der Waals surface area contributed by atoms with E-state index in [0.717, 1.165) is 0 Å². The SMILES string of the molecule is Cc1n[c-]nc2c1C(=O)C(=O)N2C.[Y]. The molecular weight excluding hydrogens is 259 g/mol. The maximum atomic E-state index is 11.3. The van der Waals surface area contributed by atoms with E-state index < -0.39 is 11.7 Å². The van der Waals surface area contributed by atoms with Crippen LogP contribution in [0.5, 0.6) is 0 Å². The van der Waals surface area contributed by atoms with Crippen LogP contribution in [0, 0.1) is 13.3 Å². The van der Waals surface area contributed by atoms with Gasteiger partial charge in [0.05, 0.1) is 0 Å². The van der Waals surface area contributed by atoms with E-state index in [1.165, 1.54) is 11.9 Å². The number of carbonyl (C=O) groups is 2. The fraction of sp³-hybridized carbons (Fsp3) is 0.250. The van der Waals surface area contributed by atoms with Gasteiger partial charge in [0.15, 0.2) is 0 Å². The predicted molar refractivity (Wildman–Crippen MR) is 43.3 cm³/mol. The zero-order valence-corrected chi connectivity index (χ0v) is 10.6. The smallest absolute Gasteiger partial charge is 0.287 e. The number of aromatic nitrogens is 2. The normalized spacial score (nSPS) is 14.0. The number of hydrogen-bond donors (Lipinski definition) is 0. The molecule has 1 aromatic rings. The average molecular weight is 265 g/mol. The van der Waals surface area contributed by atoms with Crippen molar-refractivity contribution in [2.45, 2.75) is 6.92 Å². The molecule has 14 heavy (non-hydrogen) atoms. The third kappa shape index (κ3) is 1.40. The molecule has 1 aromatic heterocycles. The van der Waals surface area contributed by atoms with E-state index in [1.54, 1.807) is 6.92 Å². The Bertz CT molecular complexity index is 419. The van der Waals surface area contributed by atoms with Crippen LogP contribution in [0.2, 0.25) is 0 Å². The Hall–Kier alpha value is -0.676. The molecule has 0 fully saturated rings. The van der Waals surface area contributed by atoms with E-state index in [-0.39, 0.29) is 32.7 Å². The number of rotatable bonds is 0. The van der Waals surface area contributed by atoms with Crippen LogP contribution in [0.4, 0.5) is 5.82 Å². The molecule has 5 nitrogen and oxygen atoms in total. The van der Waals surface area contributed by atoms with E-state index in [2.05, 4.69) is 16.3 Å². The van der Waals surface area contributed by atoms with E-state index in [1.807, 2.05) is 0 Å². The van der Waals surface area contributed by atoms with Gasteiger partial charge in [-0.3, -0.25) is 9.59 Å². The minimum atomic E-state index is -0.563. The molecule has 1 aliphatic rings. The Morgan fingerprint density at radius 1 is 1.29 bits per heavy atom.